The summed E-state index contributed by atoms with van der Waals surface area (Å²) in [4.78, 5) is 0. The van der Waals surface area contributed by atoms with Gasteiger partial charge in [-0.15, -0.1) is 0 Å². The van der Waals surface area contributed by atoms with Crippen molar-refractivity contribution in [3.63, 3.8) is 0 Å². The molecule has 4 aliphatic carbocycles. The fraction of sp³-hybridized carbons (Fsp3) is 0.963. The minimum absolute atomic E-state index is 0.465. The molecular formula is C27H47NO. The molecule has 0 unspecified atom stereocenters. The molecule has 4 rings (SSSR count). The third kappa shape index (κ3) is 3.59. The van der Waals surface area contributed by atoms with Crippen molar-refractivity contribution in [2.24, 2.45) is 57.4 Å². The van der Waals surface area contributed by atoms with E-state index in [1.54, 1.807) is 0 Å². The zero-order chi connectivity index (χ0) is 20.8. The van der Waals surface area contributed by atoms with E-state index in [1.807, 2.05) is 0 Å². The minimum Gasteiger partial charge on any atom is -0.411 e. The molecule has 29 heavy (non-hydrogen) atoms. The van der Waals surface area contributed by atoms with Crippen LogP contribution in [0.25, 0.3) is 0 Å². The molecule has 166 valence electrons. The first-order chi connectivity index (χ1) is 13.8. The van der Waals surface area contributed by atoms with Crippen LogP contribution in [-0.2, 0) is 0 Å². The van der Waals surface area contributed by atoms with Gasteiger partial charge in [-0.1, -0.05) is 71.9 Å². The van der Waals surface area contributed by atoms with E-state index in [-0.39, 0.29) is 0 Å². The van der Waals surface area contributed by atoms with E-state index in [0.29, 0.717) is 16.7 Å². The topological polar surface area (TPSA) is 32.6 Å². The van der Waals surface area contributed by atoms with E-state index >= 15 is 0 Å². The van der Waals surface area contributed by atoms with Crippen molar-refractivity contribution in [1.29, 1.82) is 0 Å². The fourth-order valence-electron chi connectivity index (χ4n) is 9.12. The normalized spacial score (nSPS) is 47.0. The summed E-state index contributed by atoms with van der Waals surface area (Å²) in [6, 6.07) is 0. The van der Waals surface area contributed by atoms with Gasteiger partial charge in [0.15, 0.2) is 0 Å². The predicted molar refractivity (Wildman–Crippen MR) is 122 cm³/mol. The van der Waals surface area contributed by atoms with Gasteiger partial charge in [0.1, 0.15) is 0 Å². The van der Waals surface area contributed by atoms with Crippen LogP contribution >= 0.6 is 0 Å². The van der Waals surface area contributed by atoms with Crippen LogP contribution in [0.4, 0.5) is 0 Å². The molecule has 0 aromatic carbocycles. The molecule has 1 N–H and O–H groups in total. The lowest BCUT2D eigenvalue weighted by atomic mass is 9.44. The lowest BCUT2D eigenvalue weighted by molar-refractivity contribution is -0.0728. The summed E-state index contributed by atoms with van der Waals surface area (Å²) in [7, 11) is 0. The first kappa shape index (κ1) is 21.7. The van der Waals surface area contributed by atoms with Gasteiger partial charge in [0.05, 0.1) is 5.71 Å². The second-order valence-electron chi connectivity index (χ2n) is 12.5. The summed E-state index contributed by atoms with van der Waals surface area (Å²) < 4.78 is 0. The summed E-state index contributed by atoms with van der Waals surface area (Å²) in [6.07, 6.45) is 16.4. The van der Waals surface area contributed by atoms with E-state index in [1.165, 1.54) is 76.3 Å². The smallest absolute Gasteiger partial charge is 0.0610 e. The molecule has 8 atom stereocenters. The van der Waals surface area contributed by atoms with Gasteiger partial charge in [-0.2, -0.15) is 0 Å². The fourth-order valence-corrected chi connectivity index (χ4v) is 9.12. The molecule has 4 fully saturated rings. The minimum atomic E-state index is 0.465. The van der Waals surface area contributed by atoms with E-state index < -0.39 is 0 Å². The number of rotatable bonds is 5. The second-order valence-corrected chi connectivity index (χ2v) is 12.5. The Morgan fingerprint density at radius 2 is 1.69 bits per heavy atom. The third-order valence-electron chi connectivity index (χ3n) is 10.7. The van der Waals surface area contributed by atoms with Crippen LogP contribution < -0.4 is 0 Å². The zero-order valence-electron chi connectivity index (χ0n) is 19.9. The Labute approximate surface area is 180 Å². The average molecular weight is 402 g/mol. The molecule has 0 amide bonds. The van der Waals surface area contributed by atoms with Crippen LogP contribution in [0.1, 0.15) is 112 Å². The lowest BCUT2D eigenvalue weighted by Gasteiger charge is -2.60. The Hall–Kier alpha value is -0.530. The molecular weight excluding hydrogens is 354 g/mol. The molecule has 4 aliphatic rings. The van der Waals surface area contributed by atoms with Crippen molar-refractivity contribution in [2.75, 3.05) is 0 Å². The molecule has 0 radical (unpaired) electrons. The number of nitrogens with zero attached hydrogens (tertiary/aromatic N) is 1. The highest BCUT2D eigenvalue weighted by Gasteiger charge is 2.62. The molecule has 2 heteroatoms. The van der Waals surface area contributed by atoms with E-state index in [4.69, 9.17) is 0 Å². The Bertz CT molecular complexity index is 612. The maximum Gasteiger partial charge on any atom is 0.0610 e. The van der Waals surface area contributed by atoms with Gasteiger partial charge in [0.2, 0.25) is 0 Å². The Kier molecular flexibility index (Phi) is 6.13. The van der Waals surface area contributed by atoms with Gasteiger partial charge in [0.25, 0.3) is 0 Å². The molecule has 0 saturated heterocycles. The van der Waals surface area contributed by atoms with Gasteiger partial charge >= 0.3 is 0 Å². The molecule has 2 nitrogen and oxygen atoms in total. The van der Waals surface area contributed by atoms with Crippen LogP contribution in [0, 0.1) is 52.3 Å². The van der Waals surface area contributed by atoms with Crippen molar-refractivity contribution in [3.05, 3.63) is 0 Å². The Morgan fingerprint density at radius 3 is 2.41 bits per heavy atom. The van der Waals surface area contributed by atoms with Gasteiger partial charge in [-0.05, 0) is 91.3 Å². The standard InChI is InChI=1S/C27H47NO/c1-18(2)9-8-10-19(3)21-12-13-22-25-23(14-16-27(21,22)5)26(4)15-7-6-11-20(26)17-24(25)28-29/h18-23,25,29H,6-17H2,1-5H3/b28-24+/t19-,20-,21+,22-,23+,25+,26+,27-/m1/s1. The molecule has 0 spiro atoms. The first-order valence-corrected chi connectivity index (χ1v) is 13.0. The van der Waals surface area contributed by atoms with Gasteiger partial charge in [-0.3, -0.25) is 0 Å². The van der Waals surface area contributed by atoms with Crippen molar-refractivity contribution in [1.82, 2.24) is 0 Å². The van der Waals surface area contributed by atoms with Crippen molar-refractivity contribution < 1.29 is 5.21 Å². The van der Waals surface area contributed by atoms with Crippen LogP contribution in [0.2, 0.25) is 0 Å². The largest absolute Gasteiger partial charge is 0.411 e. The quantitative estimate of drug-likeness (QED) is 0.368. The predicted octanol–water partition coefficient (Wildman–Crippen LogP) is 7.94. The summed E-state index contributed by atoms with van der Waals surface area (Å²) in [5, 5.41) is 14.0. The monoisotopic (exact) mass is 401 g/mol. The van der Waals surface area contributed by atoms with E-state index in [9.17, 15) is 5.21 Å². The van der Waals surface area contributed by atoms with E-state index in [0.717, 1.165) is 41.9 Å². The average Bonchev–Trinajstić information content (AvgIpc) is 3.04. The lowest BCUT2D eigenvalue weighted by Crippen LogP contribution is -2.56. The maximum absolute atomic E-state index is 10.0. The van der Waals surface area contributed by atoms with Crippen LogP contribution in [0.3, 0.4) is 0 Å². The molecule has 0 heterocycles. The van der Waals surface area contributed by atoms with Crippen LogP contribution in [0.5, 0.6) is 0 Å². The number of hydrogen-bond donors (Lipinski definition) is 1. The van der Waals surface area contributed by atoms with E-state index in [2.05, 4.69) is 39.8 Å². The first-order valence-electron chi connectivity index (χ1n) is 13.0. The Balaban J connectivity index is 1.55. The summed E-state index contributed by atoms with van der Waals surface area (Å²) in [5.41, 5.74) is 2.16. The summed E-state index contributed by atoms with van der Waals surface area (Å²) >= 11 is 0. The van der Waals surface area contributed by atoms with Gasteiger partial charge in [-0.25, -0.2) is 0 Å². The SMILES string of the molecule is CC(C)CCC[C@@H](C)[C@@H]1CC[C@@H]2[C@@H]3/C(=N/O)C[C@H]4CCCC[C@]4(C)[C@H]3CC[C@@]21C. The zero-order valence-corrected chi connectivity index (χ0v) is 19.9. The highest BCUT2D eigenvalue weighted by molar-refractivity contribution is 5.88. The van der Waals surface area contributed by atoms with Gasteiger partial charge in [0, 0.05) is 5.92 Å². The summed E-state index contributed by atoms with van der Waals surface area (Å²) in [6.45, 7) is 12.5. The van der Waals surface area contributed by atoms with Gasteiger partial charge < -0.3 is 5.21 Å². The summed E-state index contributed by atoms with van der Waals surface area (Å²) in [5.74, 6) is 5.39. The molecule has 0 bridgehead atoms. The molecule has 0 aliphatic heterocycles. The number of hydrogen-bond acceptors (Lipinski definition) is 2. The highest BCUT2D eigenvalue weighted by atomic mass is 16.4. The van der Waals surface area contributed by atoms with Crippen molar-refractivity contribution in [2.45, 2.75) is 112 Å². The Morgan fingerprint density at radius 1 is 0.931 bits per heavy atom. The second kappa shape index (κ2) is 8.19. The maximum atomic E-state index is 10.0. The third-order valence-corrected chi connectivity index (χ3v) is 10.7. The van der Waals surface area contributed by atoms with Crippen molar-refractivity contribution in [3.8, 4) is 0 Å². The molecule has 4 saturated carbocycles. The number of fused-ring (bicyclic) bond motifs is 5. The molecule has 0 aromatic heterocycles. The van der Waals surface area contributed by atoms with Crippen LogP contribution in [-0.4, -0.2) is 10.9 Å². The van der Waals surface area contributed by atoms with Crippen LogP contribution in [0.15, 0.2) is 5.16 Å². The van der Waals surface area contributed by atoms with Crippen molar-refractivity contribution >= 4 is 5.71 Å². The molecule has 0 aromatic rings. The number of oxime groups is 1. The highest BCUT2D eigenvalue weighted by Crippen LogP contribution is 2.67.